The van der Waals surface area contributed by atoms with Gasteiger partial charge in [0.25, 0.3) is 0 Å². The molecule has 0 radical (unpaired) electrons. The molecule has 0 unspecified atom stereocenters. The van der Waals surface area contributed by atoms with E-state index in [4.69, 9.17) is 9.47 Å². The molecule has 182 valence electrons. The van der Waals surface area contributed by atoms with Crippen LogP contribution < -0.4 is 4.74 Å². The second-order valence-corrected chi connectivity index (χ2v) is 9.15. The van der Waals surface area contributed by atoms with Crippen molar-refractivity contribution in [1.29, 1.82) is 0 Å². The number of ether oxygens (including phenoxy) is 2. The minimum absolute atomic E-state index is 0.260. The van der Waals surface area contributed by atoms with Crippen molar-refractivity contribution in [2.24, 2.45) is 5.92 Å². The lowest BCUT2D eigenvalue weighted by atomic mass is 9.78. The molecule has 1 aromatic carbocycles. The quantitative estimate of drug-likeness (QED) is 0.415. The lowest BCUT2D eigenvalue weighted by molar-refractivity contribution is -0.138. The number of hydrogen-bond acceptors (Lipinski definition) is 4. The monoisotopic (exact) mass is 481 g/mol. The average molecular weight is 481 g/mol. The molecule has 0 bridgehead atoms. The van der Waals surface area contributed by atoms with Gasteiger partial charge in [0.2, 0.25) is 0 Å². The van der Waals surface area contributed by atoms with Gasteiger partial charge in [0.15, 0.2) is 17.3 Å². The molecule has 2 aliphatic carbocycles. The Balaban J connectivity index is 1.38. The van der Waals surface area contributed by atoms with Crippen LogP contribution in [-0.2, 0) is 22.9 Å². The highest BCUT2D eigenvalue weighted by Crippen LogP contribution is 2.44. The Kier molecular flexibility index (Phi) is 5.74. The average Bonchev–Trinajstić information content (AvgIpc) is 3.54. The molecular formula is C24H24F5N3O2. The summed E-state index contributed by atoms with van der Waals surface area (Å²) in [6, 6.07) is 4.96. The van der Waals surface area contributed by atoms with Gasteiger partial charge in [-0.1, -0.05) is 6.07 Å². The molecule has 2 aromatic heterocycles. The minimum Gasteiger partial charge on any atom is -0.490 e. The van der Waals surface area contributed by atoms with Crippen molar-refractivity contribution in [3.8, 4) is 5.75 Å². The van der Waals surface area contributed by atoms with Gasteiger partial charge in [-0.05, 0) is 68.2 Å². The number of halogens is 5. The molecular weight excluding hydrogens is 457 g/mol. The van der Waals surface area contributed by atoms with Gasteiger partial charge in [-0.2, -0.15) is 13.2 Å². The molecule has 3 aromatic rings. The SMILES string of the molecule is CO[C@]1(c2ccc(F)c(F)c2)CC[C@@H](Oc2ccn3c(CC4CC4)nnc3c2C(F)(F)F)CC1. The van der Waals surface area contributed by atoms with Crippen LogP contribution in [0.5, 0.6) is 5.75 Å². The maximum Gasteiger partial charge on any atom is 0.423 e. The van der Waals surface area contributed by atoms with E-state index in [2.05, 4.69) is 10.2 Å². The molecule has 10 heteroatoms. The Labute approximate surface area is 192 Å². The summed E-state index contributed by atoms with van der Waals surface area (Å²) in [7, 11) is 1.49. The van der Waals surface area contributed by atoms with E-state index in [0.29, 0.717) is 49.4 Å². The van der Waals surface area contributed by atoms with Gasteiger partial charge >= 0.3 is 6.18 Å². The van der Waals surface area contributed by atoms with Gasteiger partial charge in [-0.15, -0.1) is 10.2 Å². The number of pyridine rings is 1. The molecule has 5 rings (SSSR count). The van der Waals surface area contributed by atoms with E-state index in [9.17, 15) is 22.0 Å². The standard InChI is InChI=1S/C24H24F5N3O2/c1-33-23(15-4-5-17(25)18(26)13-15)9-6-16(7-10-23)34-19-8-11-32-20(12-14-2-3-14)30-31-22(32)21(19)24(27,28)29/h4-5,8,11,13-14,16H,2-3,6-7,9-10,12H2,1H3/t16-,23-. The smallest absolute Gasteiger partial charge is 0.423 e. The Bertz CT molecular complexity index is 1200. The van der Waals surface area contributed by atoms with Crippen molar-refractivity contribution >= 4 is 5.65 Å². The summed E-state index contributed by atoms with van der Waals surface area (Å²) < 4.78 is 82.2. The normalized spacial score (nSPS) is 23.4. The molecule has 0 amide bonds. The van der Waals surface area contributed by atoms with Gasteiger partial charge in [-0.3, -0.25) is 4.40 Å². The number of alkyl halides is 3. The van der Waals surface area contributed by atoms with Crippen LogP contribution in [0.4, 0.5) is 22.0 Å². The third-order valence-electron chi connectivity index (χ3n) is 6.93. The Hall–Kier alpha value is -2.75. The summed E-state index contributed by atoms with van der Waals surface area (Å²) in [5, 5.41) is 7.84. The topological polar surface area (TPSA) is 48.7 Å². The predicted octanol–water partition coefficient (Wildman–Crippen LogP) is 5.84. The molecule has 2 heterocycles. The van der Waals surface area contributed by atoms with Crippen LogP contribution in [0.15, 0.2) is 30.5 Å². The summed E-state index contributed by atoms with van der Waals surface area (Å²) in [6.07, 6.45) is 0.618. The second-order valence-electron chi connectivity index (χ2n) is 9.15. The number of methoxy groups -OCH3 is 1. The van der Waals surface area contributed by atoms with Crippen LogP contribution in [0, 0.1) is 17.6 Å². The van der Waals surface area contributed by atoms with Crippen LogP contribution >= 0.6 is 0 Å². The number of nitrogens with zero attached hydrogens (tertiary/aromatic N) is 3. The number of aromatic nitrogens is 3. The van der Waals surface area contributed by atoms with Gasteiger partial charge in [-0.25, -0.2) is 8.78 Å². The first-order valence-corrected chi connectivity index (χ1v) is 11.3. The van der Waals surface area contributed by atoms with Crippen LogP contribution in [0.3, 0.4) is 0 Å². The van der Waals surface area contributed by atoms with Crippen molar-refractivity contribution in [3.63, 3.8) is 0 Å². The highest BCUT2D eigenvalue weighted by atomic mass is 19.4. The Morgan fingerprint density at radius 1 is 1.03 bits per heavy atom. The largest absolute Gasteiger partial charge is 0.490 e. The molecule has 34 heavy (non-hydrogen) atoms. The zero-order valence-electron chi connectivity index (χ0n) is 18.5. The van der Waals surface area contributed by atoms with Crippen molar-refractivity contribution in [3.05, 3.63) is 59.0 Å². The molecule has 0 spiro atoms. The summed E-state index contributed by atoms with van der Waals surface area (Å²) >= 11 is 0. The van der Waals surface area contributed by atoms with E-state index in [1.807, 2.05) is 0 Å². The predicted molar refractivity (Wildman–Crippen MR) is 112 cm³/mol. The summed E-state index contributed by atoms with van der Waals surface area (Å²) in [6.45, 7) is 0. The Morgan fingerprint density at radius 3 is 2.38 bits per heavy atom. The number of benzene rings is 1. The van der Waals surface area contributed by atoms with E-state index in [1.54, 1.807) is 0 Å². The molecule has 0 atom stereocenters. The summed E-state index contributed by atoms with van der Waals surface area (Å²) in [4.78, 5) is 0. The molecule has 2 aliphatic rings. The van der Waals surface area contributed by atoms with Crippen LogP contribution in [-0.4, -0.2) is 27.8 Å². The third kappa shape index (κ3) is 4.23. The van der Waals surface area contributed by atoms with Gasteiger partial charge in [0, 0.05) is 19.7 Å². The first-order chi connectivity index (χ1) is 16.2. The third-order valence-corrected chi connectivity index (χ3v) is 6.93. The van der Waals surface area contributed by atoms with E-state index in [1.165, 1.54) is 29.8 Å². The highest BCUT2D eigenvalue weighted by Gasteiger charge is 2.42. The molecule has 0 N–H and O–H groups in total. The molecule has 0 aliphatic heterocycles. The van der Waals surface area contributed by atoms with E-state index < -0.39 is 35.1 Å². The first kappa shape index (κ1) is 23.0. The molecule has 5 nitrogen and oxygen atoms in total. The van der Waals surface area contributed by atoms with Crippen LogP contribution in [0.2, 0.25) is 0 Å². The minimum atomic E-state index is -4.67. The van der Waals surface area contributed by atoms with Crippen molar-refractivity contribution in [1.82, 2.24) is 14.6 Å². The van der Waals surface area contributed by atoms with Crippen molar-refractivity contribution in [2.75, 3.05) is 7.11 Å². The van der Waals surface area contributed by atoms with E-state index in [-0.39, 0.29) is 11.4 Å². The number of fused-ring (bicyclic) bond motifs is 1. The fraction of sp³-hybridized carbons (Fsp3) is 0.500. The maximum absolute atomic E-state index is 14.0. The number of hydrogen-bond donors (Lipinski definition) is 0. The fourth-order valence-corrected chi connectivity index (χ4v) is 4.82. The van der Waals surface area contributed by atoms with Crippen molar-refractivity contribution in [2.45, 2.75) is 62.8 Å². The first-order valence-electron chi connectivity index (χ1n) is 11.3. The Morgan fingerprint density at radius 2 is 1.76 bits per heavy atom. The van der Waals surface area contributed by atoms with Crippen LogP contribution in [0.25, 0.3) is 5.65 Å². The lowest BCUT2D eigenvalue weighted by Crippen LogP contribution is -2.37. The zero-order valence-corrected chi connectivity index (χ0v) is 18.5. The fourth-order valence-electron chi connectivity index (χ4n) is 4.82. The van der Waals surface area contributed by atoms with Crippen molar-refractivity contribution < 1.29 is 31.4 Å². The van der Waals surface area contributed by atoms with E-state index in [0.717, 1.165) is 25.0 Å². The summed E-state index contributed by atoms with van der Waals surface area (Å²) in [5.74, 6) is -1.23. The molecule has 2 saturated carbocycles. The highest BCUT2D eigenvalue weighted by molar-refractivity contribution is 5.57. The van der Waals surface area contributed by atoms with Gasteiger partial charge in [0.05, 0.1) is 11.7 Å². The van der Waals surface area contributed by atoms with Gasteiger partial charge < -0.3 is 9.47 Å². The van der Waals surface area contributed by atoms with Crippen LogP contribution in [0.1, 0.15) is 55.5 Å². The number of rotatable bonds is 6. The molecule has 0 saturated heterocycles. The lowest BCUT2D eigenvalue weighted by Gasteiger charge is -2.39. The second kappa shape index (κ2) is 8.48. The summed E-state index contributed by atoms with van der Waals surface area (Å²) in [5.41, 5.74) is -1.55. The van der Waals surface area contributed by atoms with E-state index >= 15 is 0 Å². The van der Waals surface area contributed by atoms with Gasteiger partial charge in [0.1, 0.15) is 17.1 Å². The maximum atomic E-state index is 14.0. The molecule has 2 fully saturated rings. The zero-order chi connectivity index (χ0) is 24.1.